The molecule has 21 heavy (non-hydrogen) atoms. The van der Waals surface area contributed by atoms with E-state index in [1.165, 1.54) is 27.8 Å². The van der Waals surface area contributed by atoms with E-state index >= 15 is 0 Å². The first-order chi connectivity index (χ1) is 10.1. The van der Waals surface area contributed by atoms with Gasteiger partial charge >= 0.3 is 0 Å². The summed E-state index contributed by atoms with van der Waals surface area (Å²) >= 11 is 0. The van der Waals surface area contributed by atoms with Gasteiger partial charge in [0.1, 0.15) is 6.61 Å². The number of benzene rings is 2. The zero-order valence-corrected chi connectivity index (χ0v) is 12.9. The lowest BCUT2D eigenvalue weighted by atomic mass is 10.0. The molecule has 0 aromatic heterocycles. The van der Waals surface area contributed by atoms with Gasteiger partial charge in [-0.1, -0.05) is 41.1 Å². The second-order valence-electron chi connectivity index (χ2n) is 5.89. The summed E-state index contributed by atoms with van der Waals surface area (Å²) in [6.07, 6.45) is 2.05. The van der Waals surface area contributed by atoms with Crippen LogP contribution in [0.3, 0.4) is 0 Å². The van der Waals surface area contributed by atoms with E-state index in [-0.39, 0.29) is 0 Å². The molecule has 0 atom stereocenters. The molecular formula is C19H21NO. The van der Waals surface area contributed by atoms with Crippen LogP contribution >= 0.6 is 0 Å². The number of rotatable bonds is 3. The maximum atomic E-state index is 5.56. The van der Waals surface area contributed by atoms with Crippen molar-refractivity contribution in [3.05, 3.63) is 69.8 Å². The van der Waals surface area contributed by atoms with Crippen molar-refractivity contribution in [2.75, 3.05) is 0 Å². The summed E-state index contributed by atoms with van der Waals surface area (Å²) in [5.74, 6) is 0. The summed E-state index contributed by atoms with van der Waals surface area (Å²) in [6.45, 7) is 6.94. The predicted octanol–water partition coefficient (Wildman–Crippen LogP) is 4.48. The number of fused-ring (bicyclic) bond motifs is 1. The predicted molar refractivity (Wildman–Crippen MR) is 86.7 cm³/mol. The Balaban J connectivity index is 1.72. The molecule has 0 unspecified atom stereocenters. The zero-order chi connectivity index (χ0) is 14.8. The highest BCUT2D eigenvalue weighted by atomic mass is 16.6. The lowest BCUT2D eigenvalue weighted by Crippen LogP contribution is -1.98. The molecule has 0 saturated carbocycles. The molecule has 2 heteroatoms. The van der Waals surface area contributed by atoms with Gasteiger partial charge in [0.05, 0.1) is 5.71 Å². The van der Waals surface area contributed by atoms with Crippen LogP contribution in [0.25, 0.3) is 0 Å². The summed E-state index contributed by atoms with van der Waals surface area (Å²) in [4.78, 5) is 5.56. The van der Waals surface area contributed by atoms with E-state index in [4.69, 9.17) is 4.84 Å². The first kappa shape index (κ1) is 13.9. The van der Waals surface area contributed by atoms with Gasteiger partial charge in [-0.25, -0.2) is 0 Å². The molecule has 2 nitrogen and oxygen atoms in total. The summed E-state index contributed by atoms with van der Waals surface area (Å²) in [7, 11) is 0. The first-order valence-electron chi connectivity index (χ1n) is 7.48. The molecular weight excluding hydrogens is 258 g/mol. The van der Waals surface area contributed by atoms with E-state index in [1.54, 1.807) is 0 Å². The fraction of sp³-hybridized carbons (Fsp3) is 0.316. The highest BCUT2D eigenvalue weighted by Gasteiger charge is 2.19. The van der Waals surface area contributed by atoms with Crippen molar-refractivity contribution in [1.82, 2.24) is 0 Å². The van der Waals surface area contributed by atoms with Gasteiger partial charge in [-0.3, -0.25) is 0 Å². The normalized spacial score (nSPS) is 15.3. The van der Waals surface area contributed by atoms with Crippen molar-refractivity contribution < 1.29 is 4.84 Å². The van der Waals surface area contributed by atoms with E-state index < -0.39 is 0 Å². The third kappa shape index (κ3) is 2.99. The molecule has 0 fully saturated rings. The summed E-state index contributed by atoms with van der Waals surface area (Å²) in [5, 5.41) is 4.37. The Morgan fingerprint density at radius 2 is 1.67 bits per heavy atom. The molecule has 0 spiro atoms. The lowest BCUT2D eigenvalue weighted by molar-refractivity contribution is 0.130. The Morgan fingerprint density at radius 3 is 2.43 bits per heavy atom. The topological polar surface area (TPSA) is 21.6 Å². The monoisotopic (exact) mass is 279 g/mol. The van der Waals surface area contributed by atoms with Gasteiger partial charge in [-0.2, -0.15) is 0 Å². The standard InChI is InChI=1S/C19H21NO/c1-13-4-6-16(7-5-13)12-21-20-19-9-8-17-10-14(2)15(3)11-18(17)19/h4-7,10-11H,8-9,12H2,1-3H3/b20-19+. The van der Waals surface area contributed by atoms with Crippen molar-refractivity contribution in [3.63, 3.8) is 0 Å². The number of oxime groups is 1. The van der Waals surface area contributed by atoms with E-state index in [0.29, 0.717) is 6.61 Å². The maximum Gasteiger partial charge on any atom is 0.142 e. The van der Waals surface area contributed by atoms with Crippen LogP contribution in [0.15, 0.2) is 41.6 Å². The van der Waals surface area contributed by atoms with Gasteiger partial charge in [0.15, 0.2) is 0 Å². The molecule has 0 heterocycles. The molecule has 2 aromatic rings. The van der Waals surface area contributed by atoms with Crippen molar-refractivity contribution in [2.45, 2.75) is 40.2 Å². The highest BCUT2D eigenvalue weighted by molar-refractivity contribution is 6.04. The van der Waals surface area contributed by atoms with Crippen LogP contribution in [0.5, 0.6) is 0 Å². The zero-order valence-electron chi connectivity index (χ0n) is 12.9. The summed E-state index contributed by atoms with van der Waals surface area (Å²) in [6, 6.07) is 12.9. The summed E-state index contributed by atoms with van der Waals surface area (Å²) in [5.41, 5.74) is 8.85. The number of nitrogens with zero attached hydrogens (tertiary/aromatic N) is 1. The van der Waals surface area contributed by atoms with Crippen molar-refractivity contribution in [2.24, 2.45) is 5.16 Å². The fourth-order valence-corrected chi connectivity index (χ4v) is 2.70. The van der Waals surface area contributed by atoms with Gasteiger partial charge < -0.3 is 4.84 Å². The second kappa shape index (κ2) is 5.72. The Labute approximate surface area is 126 Å². The number of hydrogen-bond donors (Lipinski definition) is 0. The van der Waals surface area contributed by atoms with E-state index in [9.17, 15) is 0 Å². The molecule has 1 aliphatic rings. The molecule has 0 radical (unpaired) electrons. The number of hydrogen-bond acceptors (Lipinski definition) is 2. The average molecular weight is 279 g/mol. The largest absolute Gasteiger partial charge is 0.391 e. The minimum absolute atomic E-state index is 0.532. The van der Waals surface area contributed by atoms with Gasteiger partial charge in [0.2, 0.25) is 0 Å². The molecule has 0 saturated heterocycles. The smallest absolute Gasteiger partial charge is 0.142 e. The van der Waals surface area contributed by atoms with Crippen LogP contribution in [0.4, 0.5) is 0 Å². The second-order valence-corrected chi connectivity index (χ2v) is 5.89. The minimum atomic E-state index is 0.532. The molecule has 108 valence electrons. The van der Waals surface area contributed by atoms with Crippen molar-refractivity contribution in [3.8, 4) is 0 Å². The fourth-order valence-electron chi connectivity index (χ4n) is 2.70. The summed E-state index contributed by atoms with van der Waals surface area (Å²) < 4.78 is 0. The third-order valence-corrected chi connectivity index (χ3v) is 4.19. The minimum Gasteiger partial charge on any atom is -0.391 e. The molecule has 1 aliphatic carbocycles. The van der Waals surface area contributed by atoms with Crippen LogP contribution in [0.1, 0.15) is 39.8 Å². The van der Waals surface area contributed by atoms with Crippen LogP contribution in [-0.2, 0) is 17.9 Å². The van der Waals surface area contributed by atoms with E-state index in [1.807, 2.05) is 0 Å². The first-order valence-corrected chi connectivity index (χ1v) is 7.48. The Bertz CT molecular complexity index is 683. The van der Waals surface area contributed by atoms with Crippen LogP contribution in [-0.4, -0.2) is 5.71 Å². The molecule has 0 aliphatic heterocycles. The molecule has 0 bridgehead atoms. The van der Waals surface area contributed by atoms with Crippen LogP contribution < -0.4 is 0 Å². The molecule has 2 aromatic carbocycles. The van der Waals surface area contributed by atoms with Crippen molar-refractivity contribution >= 4 is 5.71 Å². The van der Waals surface area contributed by atoms with E-state index in [0.717, 1.165) is 24.1 Å². The van der Waals surface area contributed by atoms with Gasteiger partial charge in [-0.15, -0.1) is 0 Å². The highest BCUT2D eigenvalue weighted by Crippen LogP contribution is 2.26. The average Bonchev–Trinajstić information content (AvgIpc) is 2.84. The van der Waals surface area contributed by atoms with Gasteiger partial charge in [0.25, 0.3) is 0 Å². The number of aryl methyl sites for hydroxylation is 4. The lowest BCUT2D eigenvalue weighted by Gasteiger charge is -2.06. The quantitative estimate of drug-likeness (QED) is 0.759. The van der Waals surface area contributed by atoms with Crippen LogP contribution in [0.2, 0.25) is 0 Å². The maximum absolute atomic E-state index is 5.56. The molecule has 0 amide bonds. The third-order valence-electron chi connectivity index (χ3n) is 4.19. The van der Waals surface area contributed by atoms with Crippen LogP contribution in [0, 0.1) is 20.8 Å². The van der Waals surface area contributed by atoms with Gasteiger partial charge in [-0.05, 0) is 61.9 Å². The Morgan fingerprint density at radius 1 is 0.952 bits per heavy atom. The Hall–Kier alpha value is -2.09. The molecule has 0 N–H and O–H groups in total. The van der Waals surface area contributed by atoms with Gasteiger partial charge in [0, 0.05) is 5.56 Å². The van der Waals surface area contributed by atoms with Crippen molar-refractivity contribution in [1.29, 1.82) is 0 Å². The van der Waals surface area contributed by atoms with E-state index in [2.05, 4.69) is 62.3 Å². The molecule has 3 rings (SSSR count). The Kier molecular flexibility index (Phi) is 3.78. The SMILES string of the molecule is Cc1ccc(CO/N=C2\CCc3cc(C)c(C)cc32)cc1.